The number of primary sulfonamides is 1. The minimum absolute atomic E-state index is 0.00592. The lowest BCUT2D eigenvalue weighted by Gasteiger charge is -2.13. The van der Waals surface area contributed by atoms with Crippen LogP contribution < -0.4 is 10.5 Å². The second-order valence-electron chi connectivity index (χ2n) is 5.52. The van der Waals surface area contributed by atoms with Crippen LogP contribution in [0.2, 0.25) is 0 Å². The summed E-state index contributed by atoms with van der Waals surface area (Å²) in [6, 6.07) is 13.6. The Morgan fingerprint density at radius 3 is 2.54 bits per heavy atom. The Morgan fingerprint density at radius 2 is 1.92 bits per heavy atom. The Hall–Kier alpha value is -1.94. The number of nitrogens with one attached hydrogen (secondary N) is 1. The van der Waals surface area contributed by atoms with E-state index in [0.717, 1.165) is 14.6 Å². The van der Waals surface area contributed by atoms with Crippen LogP contribution in [-0.2, 0) is 14.8 Å². The van der Waals surface area contributed by atoms with Crippen LogP contribution in [-0.4, -0.2) is 24.6 Å². The quantitative estimate of drug-likeness (QED) is 0.609. The zero-order chi connectivity index (χ0) is 18.7. The fraction of sp³-hybridized carbons (Fsp3) is 0.176. The van der Waals surface area contributed by atoms with Crippen molar-refractivity contribution in [1.29, 1.82) is 0 Å². The van der Waals surface area contributed by atoms with Crippen LogP contribution >= 0.6 is 23.1 Å². The molecule has 9 heteroatoms. The van der Waals surface area contributed by atoms with Crippen LogP contribution in [0.25, 0.3) is 10.2 Å². The Kier molecular flexibility index (Phi) is 5.61. The summed E-state index contributed by atoms with van der Waals surface area (Å²) in [4.78, 5) is 17.1. The highest BCUT2D eigenvalue weighted by Gasteiger charge is 2.20. The number of thiazole rings is 1. The number of thioether (sulfide) groups is 1. The number of sulfonamides is 1. The van der Waals surface area contributed by atoms with Crippen molar-refractivity contribution in [1.82, 2.24) is 4.98 Å². The molecule has 1 amide bonds. The van der Waals surface area contributed by atoms with Gasteiger partial charge in [-0.15, -0.1) is 11.3 Å². The van der Waals surface area contributed by atoms with Gasteiger partial charge in [0.2, 0.25) is 15.9 Å². The maximum atomic E-state index is 12.5. The number of anilines is 1. The third-order valence-electron chi connectivity index (χ3n) is 3.63. The molecular formula is C17H17N3O3S3. The van der Waals surface area contributed by atoms with E-state index in [1.807, 2.05) is 31.2 Å². The maximum Gasteiger partial charge on any atom is 0.238 e. The molecule has 0 fully saturated rings. The summed E-state index contributed by atoms with van der Waals surface area (Å²) in [6.07, 6.45) is 0.641. The number of aromatic nitrogens is 1. The molecule has 26 heavy (non-hydrogen) atoms. The van der Waals surface area contributed by atoms with Gasteiger partial charge < -0.3 is 5.32 Å². The van der Waals surface area contributed by atoms with Crippen LogP contribution in [0.1, 0.15) is 13.3 Å². The van der Waals surface area contributed by atoms with Gasteiger partial charge in [0, 0.05) is 5.69 Å². The van der Waals surface area contributed by atoms with E-state index in [2.05, 4.69) is 10.3 Å². The number of fused-ring (bicyclic) bond motifs is 1. The molecule has 0 aliphatic carbocycles. The van der Waals surface area contributed by atoms with Crippen molar-refractivity contribution < 1.29 is 13.2 Å². The molecule has 0 saturated heterocycles. The van der Waals surface area contributed by atoms with Gasteiger partial charge in [-0.2, -0.15) is 0 Å². The monoisotopic (exact) mass is 407 g/mol. The SMILES string of the molecule is CCC(Sc1nc2ccccc2s1)C(=O)Nc1ccc(S(N)(=O)=O)cc1. The maximum absolute atomic E-state index is 12.5. The minimum atomic E-state index is -3.75. The van der Waals surface area contributed by atoms with Gasteiger partial charge in [-0.25, -0.2) is 18.5 Å². The molecule has 3 aromatic rings. The number of nitrogens with zero attached hydrogens (tertiary/aromatic N) is 1. The highest BCUT2D eigenvalue weighted by Crippen LogP contribution is 2.33. The first-order valence-corrected chi connectivity index (χ1v) is 11.1. The molecule has 0 radical (unpaired) electrons. The van der Waals surface area contributed by atoms with Crippen molar-refractivity contribution in [2.45, 2.75) is 27.8 Å². The zero-order valence-electron chi connectivity index (χ0n) is 13.9. The van der Waals surface area contributed by atoms with E-state index < -0.39 is 10.0 Å². The van der Waals surface area contributed by atoms with Crippen molar-refractivity contribution >= 4 is 54.9 Å². The van der Waals surface area contributed by atoms with Gasteiger partial charge in [-0.05, 0) is 42.8 Å². The van der Waals surface area contributed by atoms with E-state index >= 15 is 0 Å². The number of carbonyl (C=O) groups is 1. The number of rotatable bonds is 6. The summed E-state index contributed by atoms with van der Waals surface area (Å²) in [5.41, 5.74) is 1.44. The Bertz CT molecular complexity index is 997. The molecule has 136 valence electrons. The van der Waals surface area contributed by atoms with E-state index in [1.54, 1.807) is 11.3 Å². The summed E-state index contributed by atoms with van der Waals surface area (Å²) >= 11 is 2.99. The number of nitrogens with two attached hydrogens (primary N) is 1. The lowest BCUT2D eigenvalue weighted by Crippen LogP contribution is -2.24. The summed E-state index contributed by atoms with van der Waals surface area (Å²) in [5, 5.41) is 7.58. The van der Waals surface area contributed by atoms with Gasteiger partial charge in [-0.3, -0.25) is 4.79 Å². The van der Waals surface area contributed by atoms with E-state index in [1.165, 1.54) is 36.0 Å². The number of benzene rings is 2. The second kappa shape index (κ2) is 7.75. The topological polar surface area (TPSA) is 102 Å². The van der Waals surface area contributed by atoms with Crippen molar-refractivity contribution in [3.05, 3.63) is 48.5 Å². The predicted molar refractivity (Wildman–Crippen MR) is 106 cm³/mol. The molecule has 3 N–H and O–H groups in total. The number of carbonyl (C=O) groups excluding carboxylic acids is 1. The van der Waals surface area contributed by atoms with Crippen LogP contribution in [0.3, 0.4) is 0 Å². The average Bonchev–Trinajstić information content (AvgIpc) is 3.01. The van der Waals surface area contributed by atoms with Gasteiger partial charge in [0.05, 0.1) is 20.4 Å². The second-order valence-corrected chi connectivity index (χ2v) is 9.56. The first kappa shape index (κ1) is 18.8. The highest BCUT2D eigenvalue weighted by molar-refractivity contribution is 8.02. The van der Waals surface area contributed by atoms with Crippen LogP contribution in [0.15, 0.2) is 57.8 Å². The molecular weight excluding hydrogens is 390 g/mol. The number of hydrogen-bond acceptors (Lipinski definition) is 6. The molecule has 0 spiro atoms. The largest absolute Gasteiger partial charge is 0.325 e. The van der Waals surface area contributed by atoms with E-state index in [-0.39, 0.29) is 16.1 Å². The van der Waals surface area contributed by atoms with Crippen molar-refractivity contribution in [3.63, 3.8) is 0 Å². The lowest BCUT2D eigenvalue weighted by molar-refractivity contribution is -0.115. The summed E-state index contributed by atoms with van der Waals surface area (Å²) in [7, 11) is -3.75. The number of amides is 1. The number of para-hydroxylation sites is 1. The molecule has 0 saturated carbocycles. The van der Waals surface area contributed by atoms with Gasteiger partial charge in [-0.1, -0.05) is 30.8 Å². The summed E-state index contributed by atoms with van der Waals surface area (Å²) < 4.78 is 24.5. The Balaban J connectivity index is 1.70. The molecule has 3 rings (SSSR count). The summed E-state index contributed by atoms with van der Waals surface area (Å²) in [6.45, 7) is 1.94. The fourth-order valence-corrected chi connectivity index (χ4v) is 5.05. The van der Waals surface area contributed by atoms with Gasteiger partial charge in [0.1, 0.15) is 0 Å². The normalized spacial score (nSPS) is 12.8. The molecule has 1 aromatic heterocycles. The van der Waals surface area contributed by atoms with E-state index in [9.17, 15) is 13.2 Å². The highest BCUT2D eigenvalue weighted by atomic mass is 32.2. The summed E-state index contributed by atoms with van der Waals surface area (Å²) in [5.74, 6) is -0.153. The smallest absolute Gasteiger partial charge is 0.238 e. The van der Waals surface area contributed by atoms with Gasteiger partial charge in [0.25, 0.3) is 0 Å². The van der Waals surface area contributed by atoms with Gasteiger partial charge in [0.15, 0.2) is 4.34 Å². The molecule has 1 atom stereocenters. The first-order valence-electron chi connectivity index (χ1n) is 7.83. The molecule has 2 aromatic carbocycles. The third kappa shape index (κ3) is 4.42. The Labute approximate surface area is 159 Å². The van der Waals surface area contributed by atoms with E-state index in [0.29, 0.717) is 12.1 Å². The number of hydrogen-bond donors (Lipinski definition) is 2. The van der Waals surface area contributed by atoms with Crippen LogP contribution in [0.4, 0.5) is 5.69 Å². The molecule has 0 bridgehead atoms. The average molecular weight is 408 g/mol. The molecule has 1 unspecified atom stereocenters. The van der Waals surface area contributed by atoms with Crippen molar-refractivity contribution in [2.75, 3.05) is 5.32 Å². The van der Waals surface area contributed by atoms with Gasteiger partial charge >= 0.3 is 0 Å². The molecule has 0 aliphatic rings. The fourth-order valence-electron chi connectivity index (χ4n) is 2.30. The zero-order valence-corrected chi connectivity index (χ0v) is 16.3. The Morgan fingerprint density at radius 1 is 1.23 bits per heavy atom. The molecule has 6 nitrogen and oxygen atoms in total. The molecule has 0 aliphatic heterocycles. The van der Waals surface area contributed by atoms with Crippen LogP contribution in [0.5, 0.6) is 0 Å². The standard InChI is InChI=1S/C17H17N3O3S3/c1-2-14(24-17-20-13-5-3-4-6-15(13)25-17)16(21)19-11-7-9-12(10-8-11)26(18,22)23/h3-10,14H,2H2,1H3,(H,19,21)(H2,18,22,23). The van der Waals surface area contributed by atoms with Crippen molar-refractivity contribution in [2.24, 2.45) is 5.14 Å². The van der Waals surface area contributed by atoms with Crippen molar-refractivity contribution in [3.8, 4) is 0 Å². The van der Waals surface area contributed by atoms with E-state index in [4.69, 9.17) is 5.14 Å². The predicted octanol–water partition coefficient (Wildman–Crippen LogP) is 3.45. The first-order chi connectivity index (χ1) is 12.4. The minimum Gasteiger partial charge on any atom is -0.325 e. The molecule has 1 heterocycles. The lowest BCUT2D eigenvalue weighted by atomic mass is 10.3. The third-order valence-corrected chi connectivity index (χ3v) is 7.05. The van der Waals surface area contributed by atoms with Crippen LogP contribution in [0, 0.1) is 0 Å².